The first-order valence-corrected chi connectivity index (χ1v) is 10.8. The molecule has 0 spiro atoms. The maximum Gasteiger partial charge on any atom is 0.251 e. The highest BCUT2D eigenvalue weighted by Crippen LogP contribution is 2.19. The first-order valence-electron chi connectivity index (χ1n) is 9.83. The molecule has 0 aliphatic rings. The number of amides is 2. The Hall–Kier alpha value is -3.20. The number of anilines is 1. The number of nitrogens with one attached hydrogen (secondary N) is 2. The molecule has 31 heavy (non-hydrogen) atoms. The second-order valence-electron chi connectivity index (χ2n) is 7.02. The number of benzene rings is 2. The Kier molecular flexibility index (Phi) is 7.41. The second kappa shape index (κ2) is 10.2. The van der Waals surface area contributed by atoms with Gasteiger partial charge in [-0.1, -0.05) is 35.5 Å². The Morgan fingerprint density at radius 3 is 2.58 bits per heavy atom. The summed E-state index contributed by atoms with van der Waals surface area (Å²) >= 11 is 1.20. The predicted octanol–water partition coefficient (Wildman–Crippen LogP) is 3.71. The number of hydrogen-bond donors (Lipinski definition) is 2. The van der Waals surface area contributed by atoms with Crippen LogP contribution in [0.5, 0.6) is 0 Å². The number of halogens is 1. The fourth-order valence-electron chi connectivity index (χ4n) is 2.96. The SMILES string of the molecule is CCn1c(CNC(=O)c2cccc(C)c2)nnc1SCC(=O)Nc1ccc(C)cc1F. The fourth-order valence-corrected chi connectivity index (χ4v) is 3.78. The average molecular weight is 442 g/mol. The predicted molar refractivity (Wildman–Crippen MR) is 119 cm³/mol. The minimum atomic E-state index is -0.471. The molecule has 9 heteroatoms. The minimum absolute atomic E-state index is 0.0566. The Morgan fingerprint density at radius 2 is 1.87 bits per heavy atom. The number of rotatable bonds is 8. The van der Waals surface area contributed by atoms with E-state index in [0.717, 1.165) is 11.1 Å². The summed E-state index contributed by atoms with van der Waals surface area (Å²) in [7, 11) is 0. The molecule has 3 rings (SSSR count). The van der Waals surface area contributed by atoms with E-state index in [1.807, 2.05) is 36.6 Å². The van der Waals surface area contributed by atoms with Crippen LogP contribution in [-0.2, 0) is 17.9 Å². The molecule has 2 amide bonds. The Labute approximate surface area is 184 Å². The van der Waals surface area contributed by atoms with Crippen LogP contribution in [0.15, 0.2) is 47.6 Å². The molecular weight excluding hydrogens is 417 g/mol. The van der Waals surface area contributed by atoms with Crippen molar-refractivity contribution in [2.24, 2.45) is 0 Å². The standard InChI is InChI=1S/C22H24FN5O2S/c1-4-28-19(12-24-21(30)16-7-5-6-14(2)10-16)26-27-22(28)31-13-20(29)25-18-9-8-15(3)11-17(18)23/h5-11H,4,12-13H2,1-3H3,(H,24,30)(H,25,29). The van der Waals surface area contributed by atoms with Gasteiger partial charge in [-0.15, -0.1) is 10.2 Å². The highest BCUT2D eigenvalue weighted by atomic mass is 32.2. The van der Waals surface area contributed by atoms with Gasteiger partial charge < -0.3 is 15.2 Å². The Bertz CT molecular complexity index is 1100. The third-order valence-corrected chi connectivity index (χ3v) is 5.49. The average Bonchev–Trinajstić information content (AvgIpc) is 3.14. The van der Waals surface area contributed by atoms with Crippen LogP contribution in [0.3, 0.4) is 0 Å². The van der Waals surface area contributed by atoms with Crippen LogP contribution < -0.4 is 10.6 Å². The third kappa shape index (κ3) is 5.91. The minimum Gasteiger partial charge on any atom is -0.345 e. The molecule has 0 bridgehead atoms. The molecule has 2 aromatic carbocycles. The maximum atomic E-state index is 13.9. The van der Waals surface area contributed by atoms with Crippen LogP contribution in [-0.4, -0.2) is 32.3 Å². The van der Waals surface area contributed by atoms with Crippen LogP contribution >= 0.6 is 11.8 Å². The zero-order chi connectivity index (χ0) is 22.4. The van der Waals surface area contributed by atoms with Crippen molar-refractivity contribution in [2.75, 3.05) is 11.1 Å². The van der Waals surface area contributed by atoms with E-state index in [4.69, 9.17) is 0 Å². The fraction of sp³-hybridized carbons (Fsp3) is 0.273. The van der Waals surface area contributed by atoms with Gasteiger partial charge in [0.1, 0.15) is 5.82 Å². The molecule has 0 unspecified atom stereocenters. The Balaban J connectivity index is 1.58. The molecule has 1 aromatic heterocycles. The quantitative estimate of drug-likeness (QED) is 0.520. The van der Waals surface area contributed by atoms with Crippen molar-refractivity contribution in [1.82, 2.24) is 20.1 Å². The molecule has 0 fully saturated rings. The molecule has 3 aromatic rings. The van der Waals surface area contributed by atoms with Crippen molar-refractivity contribution in [3.05, 3.63) is 70.8 Å². The summed E-state index contributed by atoms with van der Waals surface area (Å²) in [5.74, 6) is -0.352. The van der Waals surface area contributed by atoms with Gasteiger partial charge in [-0.05, 0) is 50.6 Å². The van der Waals surface area contributed by atoms with E-state index in [2.05, 4.69) is 20.8 Å². The largest absolute Gasteiger partial charge is 0.345 e. The lowest BCUT2D eigenvalue weighted by Crippen LogP contribution is -2.25. The van der Waals surface area contributed by atoms with Gasteiger partial charge >= 0.3 is 0 Å². The molecule has 0 saturated carbocycles. The number of aromatic nitrogens is 3. The lowest BCUT2D eigenvalue weighted by Gasteiger charge is -2.09. The van der Waals surface area contributed by atoms with Crippen molar-refractivity contribution in [3.8, 4) is 0 Å². The molecule has 1 heterocycles. The molecular formula is C22H24FN5O2S. The topological polar surface area (TPSA) is 88.9 Å². The highest BCUT2D eigenvalue weighted by molar-refractivity contribution is 7.99. The van der Waals surface area contributed by atoms with Gasteiger partial charge in [0.05, 0.1) is 18.0 Å². The summed E-state index contributed by atoms with van der Waals surface area (Å²) in [5, 5.41) is 14.2. The lowest BCUT2D eigenvalue weighted by atomic mass is 10.1. The third-order valence-electron chi connectivity index (χ3n) is 4.53. The summed E-state index contributed by atoms with van der Waals surface area (Å²) in [5.41, 5.74) is 2.51. The van der Waals surface area contributed by atoms with Crippen LogP contribution in [0.1, 0.15) is 34.2 Å². The van der Waals surface area contributed by atoms with E-state index in [1.165, 1.54) is 23.9 Å². The van der Waals surface area contributed by atoms with Crippen molar-refractivity contribution < 1.29 is 14.0 Å². The number of carbonyl (C=O) groups is 2. The summed E-state index contributed by atoms with van der Waals surface area (Å²) in [6.45, 7) is 6.44. The lowest BCUT2D eigenvalue weighted by molar-refractivity contribution is -0.113. The normalized spacial score (nSPS) is 10.7. The second-order valence-corrected chi connectivity index (χ2v) is 7.96. The smallest absolute Gasteiger partial charge is 0.251 e. The van der Waals surface area contributed by atoms with Crippen LogP contribution in [0.25, 0.3) is 0 Å². The van der Waals surface area contributed by atoms with Gasteiger partial charge in [0, 0.05) is 12.1 Å². The number of carbonyl (C=O) groups excluding carboxylic acids is 2. The number of hydrogen-bond acceptors (Lipinski definition) is 5. The molecule has 0 saturated heterocycles. The Morgan fingerprint density at radius 1 is 1.10 bits per heavy atom. The van der Waals surface area contributed by atoms with Crippen molar-refractivity contribution >= 4 is 29.3 Å². The van der Waals surface area contributed by atoms with E-state index in [-0.39, 0.29) is 29.8 Å². The van der Waals surface area contributed by atoms with Gasteiger partial charge in [0.15, 0.2) is 11.0 Å². The summed E-state index contributed by atoms with van der Waals surface area (Å²) in [4.78, 5) is 24.6. The highest BCUT2D eigenvalue weighted by Gasteiger charge is 2.15. The maximum absolute atomic E-state index is 13.9. The molecule has 2 N–H and O–H groups in total. The first kappa shape index (κ1) is 22.5. The van der Waals surface area contributed by atoms with Crippen LogP contribution in [0.4, 0.5) is 10.1 Å². The zero-order valence-corrected chi connectivity index (χ0v) is 18.4. The molecule has 7 nitrogen and oxygen atoms in total. The van der Waals surface area contributed by atoms with Gasteiger partial charge in [-0.3, -0.25) is 9.59 Å². The van der Waals surface area contributed by atoms with Gasteiger partial charge in [0.2, 0.25) is 5.91 Å². The zero-order valence-electron chi connectivity index (χ0n) is 17.6. The van der Waals surface area contributed by atoms with Crippen LogP contribution in [0.2, 0.25) is 0 Å². The van der Waals surface area contributed by atoms with E-state index >= 15 is 0 Å². The van der Waals surface area contributed by atoms with E-state index in [9.17, 15) is 14.0 Å². The molecule has 162 valence electrons. The summed E-state index contributed by atoms with van der Waals surface area (Å²) in [6.07, 6.45) is 0. The molecule has 0 radical (unpaired) electrons. The van der Waals surface area contributed by atoms with Crippen molar-refractivity contribution in [3.63, 3.8) is 0 Å². The van der Waals surface area contributed by atoms with E-state index < -0.39 is 5.82 Å². The molecule has 0 aliphatic carbocycles. The summed E-state index contributed by atoms with van der Waals surface area (Å²) < 4.78 is 15.7. The number of aryl methyl sites for hydroxylation is 2. The van der Waals surface area contributed by atoms with Gasteiger partial charge in [0.25, 0.3) is 5.91 Å². The van der Waals surface area contributed by atoms with Crippen LogP contribution in [0, 0.1) is 19.7 Å². The van der Waals surface area contributed by atoms with Gasteiger partial charge in [-0.25, -0.2) is 4.39 Å². The summed E-state index contributed by atoms with van der Waals surface area (Å²) in [6, 6.07) is 12.0. The number of thioether (sulfide) groups is 1. The molecule has 0 atom stereocenters. The van der Waals surface area contributed by atoms with Crippen molar-refractivity contribution in [1.29, 1.82) is 0 Å². The van der Waals surface area contributed by atoms with E-state index in [0.29, 0.717) is 23.1 Å². The van der Waals surface area contributed by atoms with Crippen molar-refractivity contribution in [2.45, 2.75) is 39.0 Å². The van der Waals surface area contributed by atoms with Gasteiger partial charge in [-0.2, -0.15) is 0 Å². The van der Waals surface area contributed by atoms with E-state index in [1.54, 1.807) is 19.1 Å². The molecule has 0 aliphatic heterocycles. The number of nitrogens with zero attached hydrogens (tertiary/aromatic N) is 3. The monoisotopic (exact) mass is 441 g/mol. The first-order chi connectivity index (χ1) is 14.9.